The van der Waals surface area contributed by atoms with E-state index in [1.54, 1.807) is 23.9 Å². The van der Waals surface area contributed by atoms with Crippen molar-refractivity contribution < 1.29 is 4.79 Å². The van der Waals surface area contributed by atoms with Crippen LogP contribution in [0.15, 0.2) is 28.4 Å². The van der Waals surface area contributed by atoms with Gasteiger partial charge in [-0.15, -0.1) is 11.3 Å². The van der Waals surface area contributed by atoms with Crippen LogP contribution in [0, 0.1) is 0 Å². The number of halogens is 1. The minimum absolute atomic E-state index is 0.606. The molecule has 0 aliphatic carbocycles. The first-order valence-electron chi connectivity index (χ1n) is 3.98. The molecule has 14 heavy (non-hydrogen) atoms. The van der Waals surface area contributed by atoms with Gasteiger partial charge in [-0.25, -0.2) is 4.98 Å². The van der Waals surface area contributed by atoms with E-state index in [0.717, 1.165) is 10.8 Å². The van der Waals surface area contributed by atoms with Gasteiger partial charge in [0.1, 0.15) is 5.69 Å². The van der Waals surface area contributed by atoms with Crippen molar-refractivity contribution in [3.8, 4) is 0 Å². The molecular formula is C9H7BrN2OS. The lowest BCUT2D eigenvalue weighted by molar-refractivity contribution is 0.111. The summed E-state index contributed by atoms with van der Waals surface area (Å²) in [7, 11) is 0. The van der Waals surface area contributed by atoms with Crippen molar-refractivity contribution >= 4 is 33.6 Å². The van der Waals surface area contributed by atoms with Gasteiger partial charge in [-0.05, 0) is 22.0 Å². The molecule has 0 bridgehead atoms. The molecule has 0 radical (unpaired) electrons. The Bertz CT molecular complexity index is 449. The van der Waals surface area contributed by atoms with Gasteiger partial charge in [0, 0.05) is 14.7 Å². The standard InChI is InChI=1S/C9H7BrN2OS/c10-7-1-9(14-5-7)3-12-6-11-2-8(12)4-13/h1-2,4-6H,3H2. The lowest BCUT2D eigenvalue weighted by Gasteiger charge is -2.00. The predicted molar refractivity (Wildman–Crippen MR) is 58.7 cm³/mol. The lowest BCUT2D eigenvalue weighted by atomic mass is 10.4. The summed E-state index contributed by atoms with van der Waals surface area (Å²) in [6.45, 7) is 0.699. The molecule has 0 atom stereocenters. The number of carbonyl (C=O) groups is 1. The van der Waals surface area contributed by atoms with E-state index in [2.05, 4.69) is 20.9 Å². The summed E-state index contributed by atoms with van der Waals surface area (Å²) in [6, 6.07) is 2.04. The Balaban J connectivity index is 2.22. The van der Waals surface area contributed by atoms with Crippen molar-refractivity contribution in [2.45, 2.75) is 6.54 Å². The molecule has 0 saturated heterocycles. The molecule has 0 fully saturated rings. The highest BCUT2D eigenvalue weighted by Gasteiger charge is 2.03. The molecule has 72 valence electrons. The minimum atomic E-state index is 0.606. The van der Waals surface area contributed by atoms with Gasteiger partial charge < -0.3 is 4.57 Å². The Hall–Kier alpha value is -0.940. The Labute approximate surface area is 93.5 Å². The normalized spacial score (nSPS) is 10.4. The van der Waals surface area contributed by atoms with Gasteiger partial charge >= 0.3 is 0 Å². The highest BCUT2D eigenvalue weighted by Crippen LogP contribution is 2.20. The van der Waals surface area contributed by atoms with Gasteiger partial charge in [-0.1, -0.05) is 0 Å². The number of aromatic nitrogens is 2. The van der Waals surface area contributed by atoms with Crippen LogP contribution in [-0.2, 0) is 6.54 Å². The summed E-state index contributed by atoms with van der Waals surface area (Å²) in [4.78, 5) is 15.7. The van der Waals surface area contributed by atoms with Crippen molar-refractivity contribution in [1.29, 1.82) is 0 Å². The van der Waals surface area contributed by atoms with Gasteiger partial charge in [-0.2, -0.15) is 0 Å². The van der Waals surface area contributed by atoms with Crippen molar-refractivity contribution in [2.24, 2.45) is 0 Å². The van der Waals surface area contributed by atoms with E-state index in [4.69, 9.17) is 0 Å². The van der Waals surface area contributed by atoms with Crippen LogP contribution >= 0.6 is 27.3 Å². The fraction of sp³-hybridized carbons (Fsp3) is 0.111. The molecule has 3 nitrogen and oxygen atoms in total. The third-order valence-corrected chi connectivity index (χ3v) is 3.50. The molecule has 2 heterocycles. The second-order valence-electron chi connectivity index (χ2n) is 2.80. The first-order chi connectivity index (χ1) is 6.79. The van der Waals surface area contributed by atoms with Gasteiger partial charge in [0.15, 0.2) is 6.29 Å². The van der Waals surface area contributed by atoms with E-state index >= 15 is 0 Å². The number of hydrogen-bond donors (Lipinski definition) is 0. The van der Waals surface area contributed by atoms with E-state index in [1.165, 1.54) is 4.88 Å². The summed E-state index contributed by atoms with van der Waals surface area (Å²) in [5.74, 6) is 0. The van der Waals surface area contributed by atoms with Crippen molar-refractivity contribution in [1.82, 2.24) is 9.55 Å². The predicted octanol–water partition coefficient (Wildman–Crippen LogP) is 2.57. The largest absolute Gasteiger partial charge is 0.323 e. The van der Waals surface area contributed by atoms with Crippen molar-refractivity contribution in [3.63, 3.8) is 0 Å². The summed E-state index contributed by atoms with van der Waals surface area (Å²) in [6.07, 6.45) is 4.04. The maximum atomic E-state index is 10.6. The molecule has 0 N–H and O–H groups in total. The zero-order chi connectivity index (χ0) is 9.97. The molecular weight excluding hydrogens is 264 g/mol. The molecule has 0 unspecified atom stereocenters. The van der Waals surface area contributed by atoms with Crippen LogP contribution in [0.4, 0.5) is 0 Å². The molecule has 2 aromatic rings. The maximum absolute atomic E-state index is 10.6. The Morgan fingerprint density at radius 3 is 3.14 bits per heavy atom. The third kappa shape index (κ3) is 1.93. The van der Waals surface area contributed by atoms with Gasteiger partial charge in [0.25, 0.3) is 0 Å². The van der Waals surface area contributed by atoms with Crippen LogP contribution in [-0.4, -0.2) is 15.8 Å². The van der Waals surface area contributed by atoms with E-state index in [-0.39, 0.29) is 0 Å². The minimum Gasteiger partial charge on any atom is -0.323 e. The number of imidazole rings is 1. The maximum Gasteiger partial charge on any atom is 0.168 e. The quantitative estimate of drug-likeness (QED) is 0.804. The zero-order valence-corrected chi connectivity index (χ0v) is 9.59. The number of thiophene rings is 1. The summed E-state index contributed by atoms with van der Waals surface area (Å²) < 4.78 is 2.90. The zero-order valence-electron chi connectivity index (χ0n) is 7.18. The lowest BCUT2D eigenvalue weighted by Crippen LogP contribution is -2.00. The SMILES string of the molecule is O=Cc1cncn1Cc1cc(Br)cs1. The number of hydrogen-bond acceptors (Lipinski definition) is 3. The first-order valence-corrected chi connectivity index (χ1v) is 5.65. The Morgan fingerprint density at radius 2 is 2.50 bits per heavy atom. The summed E-state index contributed by atoms with van der Waals surface area (Å²) in [5.41, 5.74) is 0.606. The third-order valence-electron chi connectivity index (χ3n) is 1.81. The van der Waals surface area contributed by atoms with Crippen LogP contribution in [0.1, 0.15) is 15.4 Å². The van der Waals surface area contributed by atoms with E-state index in [1.807, 2.05) is 16.0 Å². The number of rotatable bonds is 3. The molecule has 0 saturated carbocycles. The van der Waals surface area contributed by atoms with Crippen molar-refractivity contribution in [3.05, 3.63) is 39.0 Å². The van der Waals surface area contributed by atoms with Gasteiger partial charge in [0.2, 0.25) is 0 Å². The number of aldehydes is 1. The van der Waals surface area contributed by atoms with E-state index in [9.17, 15) is 4.79 Å². The van der Waals surface area contributed by atoms with Crippen LogP contribution < -0.4 is 0 Å². The molecule has 0 aliphatic rings. The molecule has 5 heteroatoms. The van der Waals surface area contributed by atoms with E-state index < -0.39 is 0 Å². The molecule has 2 rings (SSSR count). The molecule has 0 aromatic carbocycles. The summed E-state index contributed by atoms with van der Waals surface area (Å²) >= 11 is 5.04. The van der Waals surface area contributed by atoms with Crippen LogP contribution in [0.2, 0.25) is 0 Å². The number of carbonyl (C=O) groups excluding carboxylic acids is 1. The monoisotopic (exact) mass is 270 g/mol. The fourth-order valence-corrected chi connectivity index (χ4v) is 2.61. The molecule has 2 aromatic heterocycles. The van der Waals surface area contributed by atoms with E-state index in [0.29, 0.717) is 12.2 Å². The highest BCUT2D eigenvalue weighted by atomic mass is 79.9. The van der Waals surface area contributed by atoms with Crippen LogP contribution in [0.5, 0.6) is 0 Å². The van der Waals surface area contributed by atoms with Gasteiger partial charge in [-0.3, -0.25) is 4.79 Å². The number of nitrogens with zero attached hydrogens (tertiary/aromatic N) is 2. The molecule has 0 spiro atoms. The second-order valence-corrected chi connectivity index (χ2v) is 4.71. The second kappa shape index (κ2) is 4.06. The summed E-state index contributed by atoms with van der Waals surface area (Å²) in [5, 5.41) is 2.02. The molecule has 0 aliphatic heterocycles. The Kier molecular flexibility index (Phi) is 2.79. The topological polar surface area (TPSA) is 34.9 Å². The Morgan fingerprint density at radius 1 is 1.64 bits per heavy atom. The smallest absolute Gasteiger partial charge is 0.168 e. The first kappa shape index (κ1) is 9.61. The van der Waals surface area contributed by atoms with Crippen LogP contribution in [0.3, 0.4) is 0 Å². The fourth-order valence-electron chi connectivity index (χ4n) is 1.17. The average molecular weight is 271 g/mol. The molecule has 0 amide bonds. The van der Waals surface area contributed by atoms with Crippen LogP contribution in [0.25, 0.3) is 0 Å². The van der Waals surface area contributed by atoms with Gasteiger partial charge in [0.05, 0.1) is 19.1 Å². The average Bonchev–Trinajstić information content (AvgIpc) is 2.76. The van der Waals surface area contributed by atoms with Crippen molar-refractivity contribution in [2.75, 3.05) is 0 Å². The highest BCUT2D eigenvalue weighted by molar-refractivity contribution is 9.10.